The van der Waals surface area contributed by atoms with Gasteiger partial charge in [0.1, 0.15) is 5.82 Å². The second-order valence-electron chi connectivity index (χ2n) is 4.52. The first kappa shape index (κ1) is 11.6. The maximum absolute atomic E-state index is 6.09. The summed E-state index contributed by atoms with van der Waals surface area (Å²) in [5.74, 6) is 1.46. The molecule has 1 atom stereocenters. The molecule has 1 aromatic heterocycles. The van der Waals surface area contributed by atoms with Crippen LogP contribution >= 0.6 is 15.9 Å². The third-order valence-electron chi connectivity index (χ3n) is 2.54. The first-order valence-electron chi connectivity index (χ1n) is 5.47. The molecule has 0 saturated heterocycles. The van der Waals surface area contributed by atoms with Gasteiger partial charge in [-0.1, -0.05) is 29.8 Å². The van der Waals surface area contributed by atoms with Crippen molar-refractivity contribution in [2.45, 2.75) is 26.3 Å². The van der Waals surface area contributed by atoms with Crippen LogP contribution in [0.2, 0.25) is 0 Å². The van der Waals surface area contributed by atoms with E-state index in [4.69, 9.17) is 5.73 Å². The Bertz CT molecular complexity index is 490. The summed E-state index contributed by atoms with van der Waals surface area (Å²) >= 11 is 3.44. The fraction of sp³-hybridized carbons (Fsp3) is 0.417. The van der Waals surface area contributed by atoms with Crippen LogP contribution in [-0.4, -0.2) is 9.97 Å². The van der Waals surface area contributed by atoms with Gasteiger partial charge in [0, 0.05) is 4.47 Å². The van der Waals surface area contributed by atoms with Crippen molar-refractivity contribution >= 4 is 27.0 Å². The molecule has 1 unspecified atom stereocenters. The molecule has 4 heteroatoms. The van der Waals surface area contributed by atoms with Crippen LogP contribution in [0.3, 0.4) is 0 Å². The first-order valence-corrected chi connectivity index (χ1v) is 6.26. The van der Waals surface area contributed by atoms with E-state index in [9.17, 15) is 0 Å². The number of fused-ring (bicyclic) bond motifs is 1. The van der Waals surface area contributed by atoms with Gasteiger partial charge in [-0.15, -0.1) is 0 Å². The molecule has 0 aliphatic carbocycles. The minimum absolute atomic E-state index is 0.00817. The zero-order valence-electron chi connectivity index (χ0n) is 9.50. The van der Waals surface area contributed by atoms with Crippen molar-refractivity contribution in [3.05, 3.63) is 28.5 Å². The number of hydrogen-bond acceptors (Lipinski definition) is 2. The van der Waals surface area contributed by atoms with Crippen LogP contribution in [0.25, 0.3) is 11.0 Å². The van der Waals surface area contributed by atoms with Crippen LogP contribution in [0, 0.1) is 5.92 Å². The number of imidazole rings is 1. The van der Waals surface area contributed by atoms with Crippen molar-refractivity contribution in [3.8, 4) is 0 Å². The number of rotatable bonds is 3. The smallest absolute Gasteiger partial charge is 0.124 e. The monoisotopic (exact) mass is 281 g/mol. The van der Waals surface area contributed by atoms with Crippen LogP contribution in [0.5, 0.6) is 0 Å². The van der Waals surface area contributed by atoms with Gasteiger partial charge in [0.15, 0.2) is 0 Å². The number of hydrogen-bond donors (Lipinski definition) is 2. The van der Waals surface area contributed by atoms with E-state index in [0.29, 0.717) is 5.92 Å². The van der Waals surface area contributed by atoms with E-state index in [1.807, 2.05) is 18.2 Å². The van der Waals surface area contributed by atoms with Crippen molar-refractivity contribution in [3.63, 3.8) is 0 Å². The van der Waals surface area contributed by atoms with E-state index in [-0.39, 0.29) is 6.04 Å². The van der Waals surface area contributed by atoms with Crippen LogP contribution < -0.4 is 5.73 Å². The van der Waals surface area contributed by atoms with Gasteiger partial charge < -0.3 is 10.7 Å². The molecule has 3 nitrogen and oxygen atoms in total. The Labute approximate surface area is 104 Å². The molecule has 1 aromatic carbocycles. The lowest BCUT2D eigenvalue weighted by Gasteiger charge is -2.10. The Morgan fingerprint density at radius 1 is 1.44 bits per heavy atom. The number of aromatic amines is 1. The van der Waals surface area contributed by atoms with E-state index < -0.39 is 0 Å². The Morgan fingerprint density at radius 2 is 2.19 bits per heavy atom. The van der Waals surface area contributed by atoms with Gasteiger partial charge in [-0.2, -0.15) is 0 Å². The molecule has 0 fully saturated rings. The Balaban J connectivity index is 2.32. The van der Waals surface area contributed by atoms with Gasteiger partial charge in [-0.25, -0.2) is 4.98 Å². The van der Waals surface area contributed by atoms with Gasteiger partial charge >= 0.3 is 0 Å². The minimum atomic E-state index is -0.00817. The first-order chi connectivity index (χ1) is 7.56. The van der Waals surface area contributed by atoms with Gasteiger partial charge in [0.05, 0.1) is 17.1 Å². The molecule has 86 valence electrons. The van der Waals surface area contributed by atoms with E-state index in [1.54, 1.807) is 0 Å². The molecule has 1 heterocycles. The van der Waals surface area contributed by atoms with E-state index in [2.05, 4.69) is 39.7 Å². The van der Waals surface area contributed by atoms with E-state index >= 15 is 0 Å². The molecule has 0 bridgehead atoms. The van der Waals surface area contributed by atoms with Crippen molar-refractivity contribution in [1.29, 1.82) is 0 Å². The second kappa shape index (κ2) is 4.55. The van der Waals surface area contributed by atoms with E-state index in [1.165, 1.54) is 0 Å². The zero-order chi connectivity index (χ0) is 11.7. The molecule has 0 aliphatic heterocycles. The summed E-state index contributed by atoms with van der Waals surface area (Å²) in [7, 11) is 0. The van der Waals surface area contributed by atoms with Crippen molar-refractivity contribution in [2.24, 2.45) is 11.7 Å². The van der Waals surface area contributed by atoms with Gasteiger partial charge in [-0.05, 0) is 30.5 Å². The van der Waals surface area contributed by atoms with Gasteiger partial charge in [-0.3, -0.25) is 0 Å². The summed E-state index contributed by atoms with van der Waals surface area (Å²) in [6.07, 6.45) is 0.945. The predicted octanol–water partition coefficient (Wildman–Crippen LogP) is 3.37. The lowest BCUT2D eigenvalue weighted by atomic mass is 10.0. The molecule has 0 saturated carbocycles. The molecule has 0 amide bonds. The highest BCUT2D eigenvalue weighted by molar-refractivity contribution is 9.10. The highest BCUT2D eigenvalue weighted by Crippen LogP contribution is 2.22. The average molecular weight is 282 g/mol. The van der Waals surface area contributed by atoms with Gasteiger partial charge in [0.2, 0.25) is 0 Å². The van der Waals surface area contributed by atoms with Crippen LogP contribution in [0.1, 0.15) is 32.1 Å². The molecular weight excluding hydrogens is 266 g/mol. The minimum Gasteiger partial charge on any atom is -0.341 e. The second-order valence-corrected chi connectivity index (χ2v) is 5.44. The molecule has 0 radical (unpaired) electrons. The summed E-state index contributed by atoms with van der Waals surface area (Å²) < 4.78 is 1.05. The molecule has 2 aromatic rings. The lowest BCUT2D eigenvalue weighted by molar-refractivity contribution is 0.496. The molecule has 0 spiro atoms. The van der Waals surface area contributed by atoms with E-state index in [0.717, 1.165) is 27.8 Å². The summed E-state index contributed by atoms with van der Waals surface area (Å²) in [6.45, 7) is 4.33. The standard InChI is InChI=1S/C12H16BrN3/c1-7(2)5-9(14)12-15-10-4-3-8(13)6-11(10)16-12/h3-4,6-7,9H,5,14H2,1-2H3,(H,15,16). The molecule has 2 rings (SSSR count). The number of nitrogens with zero attached hydrogens (tertiary/aromatic N) is 1. The molecule has 3 N–H and O–H groups in total. The highest BCUT2D eigenvalue weighted by Gasteiger charge is 2.12. The zero-order valence-corrected chi connectivity index (χ0v) is 11.1. The average Bonchev–Trinajstić information content (AvgIpc) is 2.59. The SMILES string of the molecule is CC(C)CC(N)c1nc2ccc(Br)cc2[nH]1. The summed E-state index contributed by atoms with van der Waals surface area (Å²) in [5, 5.41) is 0. The largest absolute Gasteiger partial charge is 0.341 e. The number of nitrogens with two attached hydrogens (primary N) is 1. The Kier molecular flexibility index (Phi) is 3.30. The number of halogens is 1. The summed E-state index contributed by atoms with van der Waals surface area (Å²) in [4.78, 5) is 7.78. The predicted molar refractivity (Wildman–Crippen MR) is 70.2 cm³/mol. The fourth-order valence-corrected chi connectivity index (χ4v) is 2.16. The molecule has 0 aliphatic rings. The van der Waals surface area contributed by atoms with Crippen LogP contribution in [-0.2, 0) is 0 Å². The third kappa shape index (κ3) is 2.44. The quantitative estimate of drug-likeness (QED) is 0.906. The number of H-pyrrole nitrogens is 1. The normalized spacial score (nSPS) is 13.6. The molecule has 16 heavy (non-hydrogen) atoms. The van der Waals surface area contributed by atoms with Crippen LogP contribution in [0.15, 0.2) is 22.7 Å². The maximum atomic E-state index is 6.09. The number of aromatic nitrogens is 2. The number of nitrogens with one attached hydrogen (secondary N) is 1. The number of benzene rings is 1. The maximum Gasteiger partial charge on any atom is 0.124 e. The van der Waals surface area contributed by atoms with Gasteiger partial charge in [0.25, 0.3) is 0 Å². The third-order valence-corrected chi connectivity index (χ3v) is 3.03. The highest BCUT2D eigenvalue weighted by atomic mass is 79.9. The summed E-state index contributed by atoms with van der Waals surface area (Å²) in [6, 6.07) is 5.99. The van der Waals surface area contributed by atoms with Crippen LogP contribution in [0.4, 0.5) is 0 Å². The lowest BCUT2D eigenvalue weighted by Crippen LogP contribution is -2.14. The Morgan fingerprint density at radius 3 is 2.88 bits per heavy atom. The topological polar surface area (TPSA) is 54.7 Å². The van der Waals surface area contributed by atoms with Crippen molar-refractivity contribution in [2.75, 3.05) is 0 Å². The van der Waals surface area contributed by atoms with Crippen molar-refractivity contribution in [1.82, 2.24) is 9.97 Å². The molecular formula is C12H16BrN3. The summed E-state index contributed by atoms with van der Waals surface area (Å²) in [5.41, 5.74) is 8.09. The fourth-order valence-electron chi connectivity index (χ4n) is 1.80. The Hall–Kier alpha value is -0.870. The van der Waals surface area contributed by atoms with Crippen molar-refractivity contribution < 1.29 is 0 Å².